The third-order valence-corrected chi connectivity index (χ3v) is 7.28. The SMILES string of the molecule is CC(=O)NC1CCN(C(=O)c2ccc(CSc3nc4ccccc4s3)cc2)CC1. The largest absolute Gasteiger partial charge is 0.353 e. The van der Waals surface area contributed by atoms with Crippen LogP contribution in [-0.4, -0.2) is 40.8 Å². The van der Waals surface area contributed by atoms with Gasteiger partial charge in [-0.2, -0.15) is 0 Å². The summed E-state index contributed by atoms with van der Waals surface area (Å²) in [6.45, 7) is 2.90. The summed E-state index contributed by atoms with van der Waals surface area (Å²) in [7, 11) is 0. The number of amides is 2. The van der Waals surface area contributed by atoms with Gasteiger partial charge in [-0.15, -0.1) is 11.3 Å². The van der Waals surface area contributed by atoms with Crippen molar-refractivity contribution in [1.29, 1.82) is 0 Å². The molecule has 0 saturated carbocycles. The van der Waals surface area contributed by atoms with Crippen molar-refractivity contribution in [3.05, 3.63) is 59.7 Å². The van der Waals surface area contributed by atoms with Gasteiger partial charge in [-0.1, -0.05) is 36.0 Å². The summed E-state index contributed by atoms with van der Waals surface area (Å²) in [6.07, 6.45) is 1.62. The zero-order valence-corrected chi connectivity index (χ0v) is 17.9. The Morgan fingerprint density at radius 1 is 1.14 bits per heavy atom. The number of piperidine rings is 1. The number of nitrogens with zero attached hydrogens (tertiary/aromatic N) is 2. The van der Waals surface area contributed by atoms with E-state index in [1.54, 1.807) is 23.1 Å². The smallest absolute Gasteiger partial charge is 0.253 e. The Kier molecular flexibility index (Phi) is 6.16. The third kappa shape index (κ3) is 4.97. The Labute approximate surface area is 178 Å². The molecule has 1 saturated heterocycles. The first kappa shape index (κ1) is 19.9. The Morgan fingerprint density at radius 2 is 1.86 bits per heavy atom. The number of thiazole rings is 1. The first-order valence-electron chi connectivity index (χ1n) is 9.72. The molecule has 0 aliphatic carbocycles. The van der Waals surface area contributed by atoms with Crippen LogP contribution in [0.2, 0.25) is 0 Å². The zero-order valence-electron chi connectivity index (χ0n) is 16.3. The van der Waals surface area contributed by atoms with E-state index in [9.17, 15) is 9.59 Å². The number of para-hydroxylation sites is 1. The molecule has 0 atom stereocenters. The number of hydrogen-bond acceptors (Lipinski definition) is 5. The zero-order chi connectivity index (χ0) is 20.2. The quantitative estimate of drug-likeness (QED) is 0.618. The number of nitrogens with one attached hydrogen (secondary N) is 1. The first-order valence-corrected chi connectivity index (χ1v) is 11.5. The summed E-state index contributed by atoms with van der Waals surface area (Å²) < 4.78 is 2.27. The minimum absolute atomic E-state index is 0.00548. The van der Waals surface area contributed by atoms with Gasteiger partial charge in [0, 0.05) is 37.4 Å². The van der Waals surface area contributed by atoms with Crippen LogP contribution in [0.25, 0.3) is 10.2 Å². The molecule has 1 fully saturated rings. The number of hydrogen-bond donors (Lipinski definition) is 1. The number of likely N-dealkylation sites (tertiary alicyclic amines) is 1. The van der Waals surface area contributed by atoms with E-state index in [-0.39, 0.29) is 17.9 Å². The second kappa shape index (κ2) is 8.97. The molecule has 5 nitrogen and oxygen atoms in total. The lowest BCUT2D eigenvalue weighted by atomic mass is 10.0. The van der Waals surface area contributed by atoms with Gasteiger partial charge in [-0.3, -0.25) is 9.59 Å². The van der Waals surface area contributed by atoms with Crippen molar-refractivity contribution in [2.24, 2.45) is 0 Å². The van der Waals surface area contributed by atoms with E-state index >= 15 is 0 Å². The Hall–Kier alpha value is -2.38. The summed E-state index contributed by atoms with van der Waals surface area (Å²) in [6, 6.07) is 16.2. The molecule has 0 unspecified atom stereocenters. The fourth-order valence-corrected chi connectivity index (χ4v) is 5.52. The van der Waals surface area contributed by atoms with Crippen molar-refractivity contribution >= 4 is 45.1 Å². The molecule has 1 aliphatic rings. The van der Waals surface area contributed by atoms with E-state index in [1.165, 1.54) is 17.2 Å². The molecule has 7 heteroatoms. The second-order valence-electron chi connectivity index (χ2n) is 7.20. The second-order valence-corrected chi connectivity index (χ2v) is 9.45. The van der Waals surface area contributed by atoms with Gasteiger partial charge in [-0.05, 0) is 42.7 Å². The molecule has 4 rings (SSSR count). The van der Waals surface area contributed by atoms with E-state index in [0.717, 1.165) is 34.0 Å². The Bertz CT molecular complexity index is 975. The molecule has 150 valence electrons. The van der Waals surface area contributed by atoms with Gasteiger partial charge in [0.2, 0.25) is 5.91 Å². The van der Waals surface area contributed by atoms with Crippen molar-refractivity contribution in [1.82, 2.24) is 15.2 Å². The fourth-order valence-electron chi connectivity index (χ4n) is 3.50. The summed E-state index contributed by atoms with van der Waals surface area (Å²) in [4.78, 5) is 30.4. The highest BCUT2D eigenvalue weighted by Gasteiger charge is 2.23. The lowest BCUT2D eigenvalue weighted by Crippen LogP contribution is -2.46. The molecule has 0 bridgehead atoms. The maximum Gasteiger partial charge on any atom is 0.253 e. The molecule has 2 heterocycles. The summed E-state index contributed by atoms with van der Waals surface area (Å²) in [5, 5.41) is 2.94. The highest BCUT2D eigenvalue weighted by molar-refractivity contribution is 8.00. The summed E-state index contributed by atoms with van der Waals surface area (Å²) in [5.74, 6) is 0.891. The number of fused-ring (bicyclic) bond motifs is 1. The molecule has 0 spiro atoms. The lowest BCUT2D eigenvalue weighted by Gasteiger charge is -2.32. The summed E-state index contributed by atoms with van der Waals surface area (Å²) in [5.41, 5.74) is 2.94. The van der Waals surface area contributed by atoms with E-state index < -0.39 is 0 Å². The van der Waals surface area contributed by atoms with Crippen LogP contribution in [0.1, 0.15) is 35.7 Å². The average molecular weight is 426 g/mol. The van der Waals surface area contributed by atoms with Gasteiger partial charge in [-0.25, -0.2) is 4.98 Å². The van der Waals surface area contributed by atoms with Gasteiger partial charge in [0.05, 0.1) is 10.2 Å². The minimum atomic E-state index is -0.00548. The van der Waals surface area contributed by atoms with E-state index in [2.05, 4.69) is 16.4 Å². The molecule has 2 aromatic carbocycles. The topological polar surface area (TPSA) is 62.3 Å². The van der Waals surface area contributed by atoms with Gasteiger partial charge in [0.15, 0.2) is 4.34 Å². The number of thioether (sulfide) groups is 1. The molecule has 1 N–H and O–H groups in total. The normalized spacial score (nSPS) is 14.9. The molecule has 29 heavy (non-hydrogen) atoms. The van der Waals surface area contributed by atoms with Crippen molar-refractivity contribution in [2.45, 2.75) is 35.9 Å². The number of carbonyl (C=O) groups excluding carboxylic acids is 2. The highest BCUT2D eigenvalue weighted by atomic mass is 32.2. The van der Waals surface area contributed by atoms with Crippen molar-refractivity contribution in [3.8, 4) is 0 Å². The first-order chi connectivity index (χ1) is 14.1. The van der Waals surface area contributed by atoms with Crippen LogP contribution >= 0.6 is 23.1 Å². The van der Waals surface area contributed by atoms with Crippen LogP contribution in [0.15, 0.2) is 52.9 Å². The van der Waals surface area contributed by atoms with Crippen LogP contribution in [0, 0.1) is 0 Å². The number of aromatic nitrogens is 1. The van der Waals surface area contributed by atoms with Crippen LogP contribution in [0.4, 0.5) is 0 Å². The van der Waals surface area contributed by atoms with Crippen LogP contribution in [0.5, 0.6) is 0 Å². The maximum absolute atomic E-state index is 12.7. The maximum atomic E-state index is 12.7. The fraction of sp³-hybridized carbons (Fsp3) is 0.318. The standard InChI is InChI=1S/C22H23N3O2S2/c1-15(26)23-18-10-12-25(13-11-18)21(27)17-8-6-16(7-9-17)14-28-22-24-19-4-2-3-5-20(19)29-22/h2-9,18H,10-14H2,1H3,(H,23,26). The lowest BCUT2D eigenvalue weighted by molar-refractivity contribution is -0.119. The monoisotopic (exact) mass is 425 g/mol. The predicted octanol–water partition coefficient (Wildman–Crippen LogP) is 4.33. The van der Waals surface area contributed by atoms with Gasteiger partial charge < -0.3 is 10.2 Å². The highest BCUT2D eigenvalue weighted by Crippen LogP contribution is 2.31. The molecule has 1 aromatic heterocycles. The molecule has 2 amide bonds. The van der Waals surface area contributed by atoms with Crippen LogP contribution < -0.4 is 5.32 Å². The van der Waals surface area contributed by atoms with E-state index in [4.69, 9.17) is 0 Å². The molecule has 0 radical (unpaired) electrons. The molecular formula is C22H23N3O2S2. The number of carbonyl (C=O) groups is 2. The third-order valence-electron chi connectivity index (χ3n) is 5.03. The van der Waals surface area contributed by atoms with E-state index in [1.807, 2.05) is 47.4 Å². The number of rotatable bonds is 5. The van der Waals surface area contributed by atoms with Crippen molar-refractivity contribution in [3.63, 3.8) is 0 Å². The van der Waals surface area contributed by atoms with Gasteiger partial charge in [0.25, 0.3) is 5.91 Å². The average Bonchev–Trinajstić information content (AvgIpc) is 3.15. The van der Waals surface area contributed by atoms with E-state index in [0.29, 0.717) is 13.1 Å². The molecule has 3 aromatic rings. The Morgan fingerprint density at radius 3 is 2.55 bits per heavy atom. The van der Waals surface area contributed by atoms with Gasteiger partial charge in [0.1, 0.15) is 0 Å². The number of benzene rings is 2. The van der Waals surface area contributed by atoms with Crippen LogP contribution in [-0.2, 0) is 10.5 Å². The minimum Gasteiger partial charge on any atom is -0.353 e. The van der Waals surface area contributed by atoms with Gasteiger partial charge >= 0.3 is 0 Å². The summed E-state index contributed by atoms with van der Waals surface area (Å²) >= 11 is 3.44. The van der Waals surface area contributed by atoms with Crippen molar-refractivity contribution in [2.75, 3.05) is 13.1 Å². The van der Waals surface area contributed by atoms with Crippen LogP contribution in [0.3, 0.4) is 0 Å². The van der Waals surface area contributed by atoms with Crippen molar-refractivity contribution < 1.29 is 9.59 Å². The molecule has 1 aliphatic heterocycles. The Balaban J connectivity index is 1.31. The predicted molar refractivity (Wildman–Crippen MR) is 118 cm³/mol. The molecular weight excluding hydrogens is 402 g/mol.